The van der Waals surface area contributed by atoms with Crippen LogP contribution in [0.3, 0.4) is 0 Å². The van der Waals surface area contributed by atoms with E-state index in [1.165, 1.54) is 0 Å². The molecule has 0 amide bonds. The maximum atomic E-state index is 13.5. The zero-order chi connectivity index (χ0) is 16.7. The fourth-order valence-corrected chi connectivity index (χ4v) is 3.26. The van der Waals surface area contributed by atoms with Crippen LogP contribution < -0.4 is 15.0 Å². The second kappa shape index (κ2) is 5.65. The van der Waals surface area contributed by atoms with E-state index in [1.54, 1.807) is 0 Å². The van der Waals surface area contributed by atoms with E-state index in [2.05, 4.69) is 30.1 Å². The van der Waals surface area contributed by atoms with Crippen molar-refractivity contribution in [3.05, 3.63) is 36.4 Å². The summed E-state index contributed by atoms with van der Waals surface area (Å²) in [6.45, 7) is 6.07. The summed E-state index contributed by atoms with van der Waals surface area (Å²) in [5.41, 5.74) is 2.75. The monoisotopic (exact) mass is 327 g/mol. The summed E-state index contributed by atoms with van der Waals surface area (Å²) >= 11 is 0. The highest BCUT2D eigenvalue weighted by Crippen LogP contribution is 2.34. The molecule has 0 spiro atoms. The van der Waals surface area contributed by atoms with Gasteiger partial charge >= 0.3 is 0 Å². The van der Waals surface area contributed by atoms with Crippen LogP contribution in [0, 0.1) is 0 Å². The topological polar surface area (TPSA) is 37.4 Å². The lowest BCUT2D eigenvalue weighted by atomic mass is 10.1. The third kappa shape index (κ3) is 2.90. The third-order valence-corrected chi connectivity index (χ3v) is 4.56. The minimum atomic E-state index is -0.722. The van der Waals surface area contributed by atoms with Gasteiger partial charge in [-0.05, 0) is 44.5 Å². The molecule has 0 saturated carbocycles. The fourth-order valence-electron chi connectivity index (χ4n) is 3.26. The van der Waals surface area contributed by atoms with Crippen LogP contribution in [0.25, 0.3) is 11.3 Å². The number of benzene rings is 1. The van der Waals surface area contributed by atoms with Gasteiger partial charge in [0, 0.05) is 24.3 Å². The molecule has 0 unspecified atom stereocenters. The number of aromatic nitrogens is 1. The van der Waals surface area contributed by atoms with Crippen LogP contribution in [0.4, 0.5) is 15.9 Å². The zero-order valence-corrected chi connectivity index (χ0v) is 14.1. The van der Waals surface area contributed by atoms with E-state index < -0.39 is 6.17 Å². The quantitative estimate of drug-likeness (QED) is 0.908. The normalized spacial score (nSPS) is 21.8. The highest BCUT2D eigenvalue weighted by Gasteiger charge is 2.27. The van der Waals surface area contributed by atoms with E-state index >= 15 is 0 Å². The molecule has 1 saturated heterocycles. The molecule has 1 atom stereocenters. The van der Waals surface area contributed by atoms with Gasteiger partial charge in [0.05, 0.1) is 12.2 Å². The first-order valence-corrected chi connectivity index (χ1v) is 8.44. The molecule has 1 aromatic carbocycles. The Morgan fingerprint density at radius 1 is 1.29 bits per heavy atom. The first-order chi connectivity index (χ1) is 11.5. The summed E-state index contributed by atoms with van der Waals surface area (Å²) in [7, 11) is 0. The fraction of sp³-hybridized carbons (Fsp3) is 0.421. The van der Waals surface area contributed by atoms with E-state index in [9.17, 15) is 4.39 Å². The molecule has 24 heavy (non-hydrogen) atoms. The molecule has 1 aromatic heterocycles. The summed E-state index contributed by atoms with van der Waals surface area (Å²) in [5.74, 6) is 1.56. The number of nitrogens with zero attached hydrogens (tertiary/aromatic N) is 2. The number of fused-ring (bicyclic) bond motifs is 1. The number of nitrogens with one attached hydrogen (secondary N) is 1. The highest BCUT2D eigenvalue weighted by atomic mass is 19.1. The third-order valence-electron chi connectivity index (χ3n) is 4.56. The van der Waals surface area contributed by atoms with Gasteiger partial charge in [-0.15, -0.1) is 0 Å². The van der Waals surface area contributed by atoms with E-state index in [1.807, 2.05) is 30.3 Å². The Morgan fingerprint density at radius 3 is 2.96 bits per heavy atom. The summed E-state index contributed by atoms with van der Waals surface area (Å²) in [4.78, 5) is 6.80. The van der Waals surface area contributed by atoms with Crippen molar-refractivity contribution in [3.63, 3.8) is 0 Å². The minimum Gasteiger partial charge on any atom is -0.482 e. The van der Waals surface area contributed by atoms with Crippen molar-refractivity contribution in [2.45, 2.75) is 32.0 Å². The molecule has 126 valence electrons. The molecule has 0 bridgehead atoms. The van der Waals surface area contributed by atoms with Crippen molar-refractivity contribution >= 4 is 11.5 Å². The van der Waals surface area contributed by atoms with Gasteiger partial charge in [-0.1, -0.05) is 12.1 Å². The van der Waals surface area contributed by atoms with Gasteiger partial charge in [0.2, 0.25) is 0 Å². The average molecular weight is 327 g/mol. The summed E-state index contributed by atoms with van der Waals surface area (Å²) < 4.78 is 19.4. The maximum absolute atomic E-state index is 13.5. The van der Waals surface area contributed by atoms with Crippen LogP contribution in [0.5, 0.6) is 5.75 Å². The Morgan fingerprint density at radius 2 is 2.17 bits per heavy atom. The van der Waals surface area contributed by atoms with Gasteiger partial charge < -0.3 is 15.0 Å². The Labute approximate surface area is 141 Å². The molecule has 2 aromatic rings. The molecule has 5 heteroatoms. The van der Waals surface area contributed by atoms with Crippen LogP contribution in [0.1, 0.15) is 20.3 Å². The lowest BCUT2D eigenvalue weighted by Gasteiger charge is -2.32. The predicted molar refractivity (Wildman–Crippen MR) is 94.6 cm³/mol. The van der Waals surface area contributed by atoms with Gasteiger partial charge in [0.25, 0.3) is 0 Å². The predicted octanol–water partition coefficient (Wildman–Crippen LogP) is 3.88. The molecule has 0 radical (unpaired) electrons. The van der Waals surface area contributed by atoms with E-state index in [0.717, 1.165) is 41.6 Å². The molecule has 2 aliphatic rings. The molecule has 1 fully saturated rings. The van der Waals surface area contributed by atoms with Gasteiger partial charge in [-0.2, -0.15) is 0 Å². The number of hydrogen-bond donors (Lipinski definition) is 1. The van der Waals surface area contributed by atoms with Crippen LogP contribution in [-0.4, -0.2) is 36.4 Å². The number of halogens is 1. The van der Waals surface area contributed by atoms with Crippen molar-refractivity contribution in [1.82, 2.24) is 4.98 Å². The van der Waals surface area contributed by atoms with Crippen LogP contribution >= 0.6 is 0 Å². The SMILES string of the molecule is CC1(C)CNc2nc(-c3cccc(N4CC[C@H](F)C4)c3)ccc2O1. The molecule has 0 aliphatic carbocycles. The summed E-state index contributed by atoms with van der Waals surface area (Å²) in [5, 5.41) is 3.34. The number of pyridine rings is 1. The Bertz CT molecular complexity index is 762. The standard InChI is InChI=1S/C19H22FN3O/c1-19(2)12-21-18-17(24-19)7-6-16(22-18)13-4-3-5-15(10-13)23-9-8-14(20)11-23/h3-7,10,14H,8-9,11-12H2,1-2H3,(H,21,22)/t14-/m0/s1. The Balaban J connectivity index is 1.63. The van der Waals surface area contributed by atoms with Gasteiger partial charge in [0.1, 0.15) is 11.8 Å². The first kappa shape index (κ1) is 15.2. The highest BCUT2D eigenvalue weighted by molar-refractivity contribution is 5.69. The Hall–Kier alpha value is -2.30. The van der Waals surface area contributed by atoms with Crippen molar-refractivity contribution in [1.29, 1.82) is 0 Å². The van der Waals surface area contributed by atoms with Crippen molar-refractivity contribution < 1.29 is 9.13 Å². The van der Waals surface area contributed by atoms with Crippen molar-refractivity contribution in [3.8, 4) is 17.0 Å². The summed E-state index contributed by atoms with van der Waals surface area (Å²) in [6.07, 6.45) is -0.113. The van der Waals surface area contributed by atoms with Crippen LogP contribution in [0.2, 0.25) is 0 Å². The molecular formula is C19H22FN3O. The largest absolute Gasteiger partial charge is 0.482 e. The van der Waals surface area contributed by atoms with Crippen molar-refractivity contribution in [2.24, 2.45) is 0 Å². The first-order valence-electron chi connectivity index (χ1n) is 8.44. The molecule has 4 rings (SSSR count). The lowest BCUT2D eigenvalue weighted by molar-refractivity contribution is 0.115. The van der Waals surface area contributed by atoms with Crippen molar-refractivity contribution in [2.75, 3.05) is 29.9 Å². The number of hydrogen-bond acceptors (Lipinski definition) is 4. The number of anilines is 2. The molecular weight excluding hydrogens is 305 g/mol. The van der Waals surface area contributed by atoms with Gasteiger partial charge in [0.15, 0.2) is 11.6 Å². The molecule has 4 nitrogen and oxygen atoms in total. The van der Waals surface area contributed by atoms with Crippen LogP contribution in [0.15, 0.2) is 36.4 Å². The molecule has 1 N–H and O–H groups in total. The number of ether oxygens (including phenoxy) is 1. The Kier molecular flexibility index (Phi) is 3.59. The number of alkyl halides is 1. The summed E-state index contributed by atoms with van der Waals surface area (Å²) in [6, 6.07) is 12.1. The van der Waals surface area contributed by atoms with E-state index in [4.69, 9.17) is 9.72 Å². The smallest absolute Gasteiger partial charge is 0.169 e. The second-order valence-corrected chi connectivity index (χ2v) is 7.14. The van der Waals surface area contributed by atoms with E-state index in [0.29, 0.717) is 13.0 Å². The van der Waals surface area contributed by atoms with Crippen LogP contribution in [-0.2, 0) is 0 Å². The second-order valence-electron chi connectivity index (χ2n) is 7.14. The lowest BCUT2D eigenvalue weighted by Crippen LogP contribution is -2.40. The van der Waals surface area contributed by atoms with Gasteiger partial charge in [-0.25, -0.2) is 9.37 Å². The number of rotatable bonds is 2. The zero-order valence-electron chi connectivity index (χ0n) is 14.1. The molecule has 3 heterocycles. The maximum Gasteiger partial charge on any atom is 0.169 e. The van der Waals surface area contributed by atoms with E-state index in [-0.39, 0.29) is 5.60 Å². The minimum absolute atomic E-state index is 0.227. The average Bonchev–Trinajstić information content (AvgIpc) is 3.00. The van der Waals surface area contributed by atoms with Gasteiger partial charge in [-0.3, -0.25) is 0 Å². The molecule has 2 aliphatic heterocycles.